The van der Waals surface area contributed by atoms with Crippen molar-refractivity contribution in [2.75, 3.05) is 13.1 Å². The van der Waals surface area contributed by atoms with Gasteiger partial charge in [0.1, 0.15) is 0 Å². The highest BCUT2D eigenvalue weighted by Gasteiger charge is 2.15. The normalized spacial score (nSPS) is 19.0. The van der Waals surface area contributed by atoms with Crippen LogP contribution in [0.2, 0.25) is 0 Å². The van der Waals surface area contributed by atoms with Crippen LogP contribution in [0.15, 0.2) is 10.1 Å². The Balaban J connectivity index is 2.64. The molecule has 0 aromatic carbocycles. The van der Waals surface area contributed by atoms with Gasteiger partial charge >= 0.3 is 0 Å². The van der Waals surface area contributed by atoms with Crippen molar-refractivity contribution in [1.29, 1.82) is 0 Å². The molecule has 0 atom stereocenters. The van der Waals surface area contributed by atoms with Gasteiger partial charge in [-0.15, -0.1) is 0 Å². The van der Waals surface area contributed by atoms with Crippen LogP contribution < -0.4 is 0 Å². The number of carbonyl (C=O) groups excluding carboxylic acids is 1. The van der Waals surface area contributed by atoms with E-state index >= 15 is 0 Å². The maximum Gasteiger partial charge on any atom is 0.219 e. The van der Waals surface area contributed by atoms with Crippen LogP contribution in [0.5, 0.6) is 0 Å². The number of rotatable bonds is 0. The maximum atomic E-state index is 10.9. The summed E-state index contributed by atoms with van der Waals surface area (Å²) in [5.41, 5.74) is 1.36. The summed E-state index contributed by atoms with van der Waals surface area (Å²) >= 11 is 3.45. The summed E-state index contributed by atoms with van der Waals surface area (Å²) in [4.78, 5) is 12.8. The first-order valence-electron chi connectivity index (χ1n) is 3.71. The highest BCUT2D eigenvalue weighted by molar-refractivity contribution is 9.11. The molecule has 1 aliphatic heterocycles. The molecule has 0 aliphatic carbocycles. The zero-order valence-electron chi connectivity index (χ0n) is 6.85. The smallest absolute Gasteiger partial charge is 0.219 e. The summed E-state index contributed by atoms with van der Waals surface area (Å²) in [6.45, 7) is 5.33. The molecule has 1 heterocycles. The van der Waals surface area contributed by atoms with E-state index in [0.717, 1.165) is 19.5 Å². The predicted molar refractivity (Wildman–Crippen MR) is 48.5 cm³/mol. The number of hydrogen-bond acceptors (Lipinski definition) is 1. The van der Waals surface area contributed by atoms with Gasteiger partial charge in [-0.3, -0.25) is 4.79 Å². The SMILES string of the molecule is CC(=O)N1CCC(C)=C(Br)C1. The van der Waals surface area contributed by atoms with Gasteiger partial charge in [0.05, 0.1) is 6.54 Å². The highest BCUT2D eigenvalue weighted by atomic mass is 79.9. The van der Waals surface area contributed by atoms with Crippen molar-refractivity contribution in [1.82, 2.24) is 4.90 Å². The largest absolute Gasteiger partial charge is 0.338 e. The fourth-order valence-electron chi connectivity index (χ4n) is 1.09. The van der Waals surface area contributed by atoms with Crippen molar-refractivity contribution in [3.63, 3.8) is 0 Å². The second-order valence-electron chi connectivity index (χ2n) is 2.88. The molecular formula is C8H12BrNO. The first kappa shape index (κ1) is 8.78. The summed E-state index contributed by atoms with van der Waals surface area (Å²) in [5.74, 6) is 0.162. The Morgan fingerprint density at radius 1 is 1.64 bits per heavy atom. The molecule has 1 rings (SSSR count). The van der Waals surface area contributed by atoms with Crippen molar-refractivity contribution in [2.45, 2.75) is 20.3 Å². The third kappa shape index (κ3) is 2.06. The number of halogens is 1. The van der Waals surface area contributed by atoms with Crippen molar-refractivity contribution in [3.05, 3.63) is 10.1 Å². The second kappa shape index (κ2) is 3.39. The zero-order chi connectivity index (χ0) is 8.43. The molecule has 1 aliphatic rings. The van der Waals surface area contributed by atoms with Crippen LogP contribution in [0.4, 0.5) is 0 Å². The van der Waals surface area contributed by atoms with Crippen molar-refractivity contribution in [3.8, 4) is 0 Å². The molecule has 0 saturated heterocycles. The average Bonchev–Trinajstić information content (AvgIpc) is 1.94. The van der Waals surface area contributed by atoms with Crippen LogP contribution in [0, 0.1) is 0 Å². The number of hydrogen-bond donors (Lipinski definition) is 0. The lowest BCUT2D eigenvalue weighted by Gasteiger charge is -2.26. The van der Waals surface area contributed by atoms with Gasteiger partial charge in [0.25, 0.3) is 0 Å². The molecule has 0 spiro atoms. The Bertz CT molecular complexity index is 210. The Morgan fingerprint density at radius 3 is 2.73 bits per heavy atom. The minimum atomic E-state index is 0.162. The molecule has 62 valence electrons. The Kier molecular flexibility index (Phi) is 2.71. The van der Waals surface area contributed by atoms with E-state index in [1.165, 1.54) is 10.1 Å². The summed E-state index contributed by atoms with van der Waals surface area (Å²) < 4.78 is 1.17. The standard InChI is InChI=1S/C8H12BrNO/c1-6-3-4-10(7(2)11)5-8(6)9/h3-5H2,1-2H3. The molecule has 0 fully saturated rings. The van der Waals surface area contributed by atoms with Crippen LogP contribution in [0.25, 0.3) is 0 Å². The molecule has 0 aromatic rings. The van der Waals surface area contributed by atoms with E-state index in [-0.39, 0.29) is 5.91 Å². The minimum absolute atomic E-state index is 0.162. The van der Waals surface area contributed by atoms with Crippen LogP contribution in [-0.2, 0) is 4.79 Å². The van der Waals surface area contributed by atoms with Gasteiger partial charge in [0.15, 0.2) is 0 Å². The molecular weight excluding hydrogens is 206 g/mol. The molecule has 0 aromatic heterocycles. The van der Waals surface area contributed by atoms with E-state index in [1.54, 1.807) is 6.92 Å². The zero-order valence-corrected chi connectivity index (χ0v) is 8.44. The van der Waals surface area contributed by atoms with Crippen molar-refractivity contribution >= 4 is 21.8 Å². The lowest BCUT2D eigenvalue weighted by molar-refractivity contribution is -0.128. The second-order valence-corrected chi connectivity index (χ2v) is 3.83. The molecule has 0 N–H and O–H groups in total. The van der Waals surface area contributed by atoms with E-state index in [4.69, 9.17) is 0 Å². The summed E-state index contributed by atoms with van der Waals surface area (Å²) in [6, 6.07) is 0. The quantitative estimate of drug-likeness (QED) is 0.608. The molecule has 0 saturated carbocycles. The summed E-state index contributed by atoms with van der Waals surface area (Å²) in [5, 5.41) is 0. The van der Waals surface area contributed by atoms with Gasteiger partial charge in [-0.25, -0.2) is 0 Å². The van der Waals surface area contributed by atoms with Crippen LogP contribution in [-0.4, -0.2) is 23.9 Å². The maximum absolute atomic E-state index is 10.9. The third-order valence-electron chi connectivity index (χ3n) is 1.99. The fraction of sp³-hybridized carbons (Fsp3) is 0.625. The molecule has 2 nitrogen and oxygen atoms in total. The third-order valence-corrected chi connectivity index (χ3v) is 2.92. The average molecular weight is 218 g/mol. The van der Waals surface area contributed by atoms with Crippen molar-refractivity contribution in [2.24, 2.45) is 0 Å². The van der Waals surface area contributed by atoms with Crippen LogP contribution >= 0.6 is 15.9 Å². The molecule has 0 unspecified atom stereocenters. The van der Waals surface area contributed by atoms with E-state index in [1.807, 2.05) is 4.90 Å². The van der Waals surface area contributed by atoms with E-state index in [9.17, 15) is 4.79 Å². The van der Waals surface area contributed by atoms with Crippen LogP contribution in [0.3, 0.4) is 0 Å². The summed E-state index contributed by atoms with van der Waals surface area (Å²) in [6.07, 6.45) is 1.00. The molecule has 11 heavy (non-hydrogen) atoms. The lowest BCUT2D eigenvalue weighted by Crippen LogP contribution is -2.34. The topological polar surface area (TPSA) is 20.3 Å². The molecule has 3 heteroatoms. The highest BCUT2D eigenvalue weighted by Crippen LogP contribution is 2.21. The summed E-state index contributed by atoms with van der Waals surface area (Å²) in [7, 11) is 0. The Morgan fingerprint density at radius 2 is 2.27 bits per heavy atom. The predicted octanol–water partition coefficient (Wildman–Crippen LogP) is 1.91. The van der Waals surface area contributed by atoms with E-state index in [2.05, 4.69) is 22.9 Å². The number of nitrogens with zero attached hydrogens (tertiary/aromatic N) is 1. The molecule has 0 radical (unpaired) electrons. The van der Waals surface area contributed by atoms with Gasteiger partial charge in [-0.1, -0.05) is 21.5 Å². The lowest BCUT2D eigenvalue weighted by atomic mass is 10.1. The number of amides is 1. The van der Waals surface area contributed by atoms with Crippen molar-refractivity contribution < 1.29 is 4.79 Å². The first-order chi connectivity index (χ1) is 5.11. The van der Waals surface area contributed by atoms with Gasteiger partial charge in [0, 0.05) is 18.0 Å². The Labute approximate surface area is 75.4 Å². The van der Waals surface area contributed by atoms with Gasteiger partial charge in [-0.05, 0) is 13.3 Å². The Hall–Kier alpha value is -0.310. The number of carbonyl (C=O) groups is 1. The van der Waals surface area contributed by atoms with Gasteiger partial charge in [-0.2, -0.15) is 0 Å². The first-order valence-corrected chi connectivity index (χ1v) is 4.50. The van der Waals surface area contributed by atoms with Gasteiger partial charge in [0.2, 0.25) is 5.91 Å². The molecule has 1 amide bonds. The minimum Gasteiger partial charge on any atom is -0.338 e. The van der Waals surface area contributed by atoms with Crippen LogP contribution in [0.1, 0.15) is 20.3 Å². The van der Waals surface area contributed by atoms with E-state index < -0.39 is 0 Å². The molecule has 0 bridgehead atoms. The van der Waals surface area contributed by atoms with Gasteiger partial charge < -0.3 is 4.90 Å². The van der Waals surface area contributed by atoms with E-state index in [0.29, 0.717) is 0 Å². The monoisotopic (exact) mass is 217 g/mol. The fourth-order valence-corrected chi connectivity index (χ4v) is 1.59.